The Morgan fingerprint density at radius 1 is 1.20 bits per heavy atom. The predicted octanol–water partition coefficient (Wildman–Crippen LogP) is 4.24. The van der Waals surface area contributed by atoms with Gasteiger partial charge in [0.25, 0.3) is 0 Å². The molecular formula is C28H37N7O4S. The predicted molar refractivity (Wildman–Crippen MR) is 158 cm³/mol. The number of hydrogen-bond donors (Lipinski definition) is 4. The van der Waals surface area contributed by atoms with Crippen molar-refractivity contribution in [2.75, 3.05) is 32.6 Å². The summed E-state index contributed by atoms with van der Waals surface area (Å²) < 4.78 is 7.68. The number of nitrogens with two attached hydrogens (primary N) is 1. The Bertz CT molecular complexity index is 1490. The number of carbonyl (C=O) groups excluding carboxylic acids is 1. The molecular weight excluding hydrogens is 530 g/mol. The average Bonchev–Trinajstić information content (AvgIpc) is 3.43. The molecule has 5 N–H and O–H groups in total. The minimum atomic E-state index is -0.592. The summed E-state index contributed by atoms with van der Waals surface area (Å²) >= 11 is 1.46. The van der Waals surface area contributed by atoms with Gasteiger partial charge in [0.05, 0.1) is 11.2 Å². The maximum absolute atomic E-state index is 12.5. The molecule has 3 heterocycles. The van der Waals surface area contributed by atoms with Gasteiger partial charge in [-0.05, 0) is 45.3 Å². The molecule has 0 aliphatic heterocycles. The van der Waals surface area contributed by atoms with Crippen LogP contribution in [0, 0.1) is 5.41 Å². The van der Waals surface area contributed by atoms with Gasteiger partial charge in [0, 0.05) is 41.5 Å². The van der Waals surface area contributed by atoms with E-state index in [9.17, 15) is 9.90 Å². The van der Waals surface area contributed by atoms with Gasteiger partial charge in [-0.3, -0.25) is 4.40 Å². The Morgan fingerprint density at radius 2 is 1.93 bits per heavy atom. The zero-order chi connectivity index (χ0) is 29.0. The first-order chi connectivity index (χ1) is 18.9. The van der Waals surface area contributed by atoms with Gasteiger partial charge in [0.1, 0.15) is 23.3 Å². The lowest BCUT2D eigenvalue weighted by Gasteiger charge is -2.22. The second-order valence-corrected chi connectivity index (χ2v) is 11.9. The van der Waals surface area contributed by atoms with Crippen LogP contribution in [0.15, 0.2) is 54.4 Å². The molecule has 0 saturated carbocycles. The summed E-state index contributed by atoms with van der Waals surface area (Å²) in [4.78, 5) is 30.3. The SMILES string of the molecule is CC(C=C(ON)C(C)(C)C)NC(=O)Nc1ccc(-c2cn3c(n2)sc2nc(OCC(O)CN(C)C)ccc23)cc1. The second-order valence-electron chi connectivity index (χ2n) is 10.9. The van der Waals surface area contributed by atoms with E-state index in [1.807, 2.05) is 87.6 Å². The number of nitrogens with zero attached hydrogens (tertiary/aromatic N) is 4. The fourth-order valence-electron chi connectivity index (χ4n) is 4.08. The van der Waals surface area contributed by atoms with Crippen molar-refractivity contribution >= 4 is 38.4 Å². The molecule has 0 saturated heterocycles. The van der Waals surface area contributed by atoms with Gasteiger partial charge in [-0.2, -0.15) is 5.90 Å². The normalized spacial score (nSPS) is 14.0. The molecule has 0 spiro atoms. The first-order valence-corrected chi connectivity index (χ1v) is 13.8. The summed E-state index contributed by atoms with van der Waals surface area (Å²) in [5.41, 5.74) is 3.04. The highest BCUT2D eigenvalue weighted by Gasteiger charge is 2.20. The maximum atomic E-state index is 12.5. The molecule has 4 rings (SSSR count). The van der Waals surface area contributed by atoms with Crippen LogP contribution in [-0.2, 0) is 4.84 Å². The van der Waals surface area contributed by atoms with Gasteiger partial charge in [0.15, 0.2) is 4.96 Å². The molecule has 2 atom stereocenters. The number of benzene rings is 1. The number of fused-ring (bicyclic) bond motifs is 3. The zero-order valence-corrected chi connectivity index (χ0v) is 24.5. The van der Waals surface area contributed by atoms with E-state index in [0.29, 0.717) is 23.9 Å². The number of aromatic nitrogens is 3. The van der Waals surface area contributed by atoms with E-state index in [2.05, 4.69) is 15.6 Å². The molecule has 1 aromatic carbocycles. The van der Waals surface area contributed by atoms with Crippen molar-refractivity contribution in [3.63, 3.8) is 0 Å². The van der Waals surface area contributed by atoms with Crippen molar-refractivity contribution in [3.8, 4) is 17.1 Å². The van der Waals surface area contributed by atoms with Crippen LogP contribution in [0.25, 0.3) is 26.6 Å². The highest BCUT2D eigenvalue weighted by Crippen LogP contribution is 2.30. The van der Waals surface area contributed by atoms with Crippen LogP contribution < -0.4 is 21.3 Å². The van der Waals surface area contributed by atoms with E-state index in [0.717, 1.165) is 26.6 Å². The van der Waals surface area contributed by atoms with E-state index in [1.165, 1.54) is 11.3 Å². The minimum Gasteiger partial charge on any atom is -0.475 e. The number of anilines is 1. The van der Waals surface area contributed by atoms with Crippen LogP contribution in [0.3, 0.4) is 0 Å². The number of aliphatic hydroxyl groups is 1. The summed E-state index contributed by atoms with van der Waals surface area (Å²) in [6, 6.07) is 10.6. The fourth-order valence-corrected chi connectivity index (χ4v) is 5.05. The van der Waals surface area contributed by atoms with E-state index in [4.69, 9.17) is 20.5 Å². The molecule has 2 unspecified atom stereocenters. The molecule has 11 nitrogen and oxygen atoms in total. The van der Waals surface area contributed by atoms with Crippen LogP contribution >= 0.6 is 11.3 Å². The highest BCUT2D eigenvalue weighted by atomic mass is 32.1. The Labute approximate surface area is 237 Å². The number of ether oxygens (including phenoxy) is 1. The topological polar surface area (TPSA) is 139 Å². The van der Waals surface area contributed by atoms with Crippen molar-refractivity contribution in [1.82, 2.24) is 24.6 Å². The first kappa shape index (κ1) is 29.3. The van der Waals surface area contributed by atoms with Crippen molar-refractivity contribution in [2.24, 2.45) is 11.3 Å². The summed E-state index contributed by atoms with van der Waals surface area (Å²) in [5, 5.41) is 15.7. The van der Waals surface area contributed by atoms with E-state index in [-0.39, 0.29) is 24.1 Å². The average molecular weight is 568 g/mol. The van der Waals surface area contributed by atoms with Crippen molar-refractivity contribution in [1.29, 1.82) is 0 Å². The van der Waals surface area contributed by atoms with E-state index >= 15 is 0 Å². The molecule has 3 aromatic heterocycles. The third-order valence-corrected chi connectivity index (χ3v) is 6.96. The number of imidazole rings is 1. The lowest BCUT2D eigenvalue weighted by Crippen LogP contribution is -2.35. The Kier molecular flexibility index (Phi) is 8.94. The number of amides is 2. The monoisotopic (exact) mass is 567 g/mol. The minimum absolute atomic E-state index is 0.174. The standard InChI is InChI=1S/C28H37N7O4S/c1-17(13-23(39-29)28(2,3)4)30-26(37)31-19-9-7-18(8-10-19)21-15-35-22-11-12-24(33-25(22)40-27(35)32-21)38-16-20(36)14-34(5)6/h7-13,15,17,20,36H,14,16,29H2,1-6H3,(H2,30,31,37). The first-order valence-electron chi connectivity index (χ1n) is 12.9. The molecule has 0 fully saturated rings. The van der Waals surface area contributed by atoms with Gasteiger partial charge in [-0.1, -0.05) is 44.2 Å². The maximum Gasteiger partial charge on any atom is 0.319 e. The number of thiazole rings is 1. The molecule has 214 valence electrons. The van der Waals surface area contributed by atoms with Crippen molar-refractivity contribution < 1.29 is 19.5 Å². The lowest BCUT2D eigenvalue weighted by molar-refractivity contribution is 0.0813. The number of nitrogens with one attached hydrogen (secondary N) is 2. The summed E-state index contributed by atoms with van der Waals surface area (Å²) in [5.74, 6) is 6.45. The van der Waals surface area contributed by atoms with E-state index < -0.39 is 6.10 Å². The highest BCUT2D eigenvalue weighted by molar-refractivity contribution is 7.23. The molecule has 2 amide bonds. The van der Waals surface area contributed by atoms with Gasteiger partial charge in [-0.15, -0.1) is 0 Å². The number of pyridine rings is 1. The molecule has 0 aliphatic rings. The molecule has 0 aliphatic carbocycles. The van der Waals surface area contributed by atoms with Crippen molar-refractivity contribution in [3.05, 3.63) is 54.4 Å². The van der Waals surface area contributed by atoms with Gasteiger partial charge >= 0.3 is 6.03 Å². The molecule has 4 aromatic rings. The quantitative estimate of drug-likeness (QED) is 0.165. The molecule has 0 bridgehead atoms. The summed E-state index contributed by atoms with van der Waals surface area (Å²) in [6.07, 6.45) is 3.16. The van der Waals surface area contributed by atoms with Gasteiger partial charge in [0.2, 0.25) is 5.88 Å². The lowest BCUT2D eigenvalue weighted by atomic mass is 9.93. The molecule has 0 radical (unpaired) electrons. The number of aliphatic hydroxyl groups excluding tert-OH is 1. The van der Waals surface area contributed by atoms with Crippen LogP contribution in [0.5, 0.6) is 5.88 Å². The van der Waals surface area contributed by atoms with Gasteiger partial charge in [-0.25, -0.2) is 14.8 Å². The Hall–Kier alpha value is -3.71. The largest absolute Gasteiger partial charge is 0.475 e. The van der Waals surface area contributed by atoms with Crippen molar-refractivity contribution in [2.45, 2.75) is 39.8 Å². The number of likely N-dealkylation sites (N-methyl/N-ethyl adjacent to an activating group) is 1. The number of rotatable bonds is 10. The number of carbonyl (C=O) groups is 1. The Balaban J connectivity index is 1.40. The van der Waals surface area contributed by atoms with Crippen LogP contribution in [-0.4, -0.2) is 69.8 Å². The van der Waals surface area contributed by atoms with E-state index in [1.54, 1.807) is 12.1 Å². The summed E-state index contributed by atoms with van der Waals surface area (Å²) in [6.45, 7) is 8.49. The summed E-state index contributed by atoms with van der Waals surface area (Å²) in [7, 11) is 3.80. The number of allylic oxidation sites excluding steroid dienone is 1. The fraction of sp³-hybridized carbons (Fsp3) is 0.393. The number of urea groups is 1. The van der Waals surface area contributed by atoms with Crippen LogP contribution in [0.1, 0.15) is 27.7 Å². The number of hydrogen-bond acceptors (Lipinski definition) is 9. The smallest absolute Gasteiger partial charge is 0.319 e. The van der Waals surface area contributed by atoms with Gasteiger partial charge < -0.3 is 30.2 Å². The van der Waals surface area contributed by atoms with Crippen LogP contribution in [0.4, 0.5) is 10.5 Å². The Morgan fingerprint density at radius 3 is 2.58 bits per heavy atom. The van der Waals surface area contributed by atoms with Crippen LogP contribution in [0.2, 0.25) is 0 Å². The molecule has 40 heavy (non-hydrogen) atoms. The second kappa shape index (κ2) is 12.2. The third-order valence-electron chi connectivity index (χ3n) is 6.00. The third kappa shape index (κ3) is 7.27. The zero-order valence-electron chi connectivity index (χ0n) is 23.6. The molecule has 12 heteroatoms.